The Balaban J connectivity index is 1.85. The van der Waals surface area contributed by atoms with Crippen molar-refractivity contribution in [3.8, 4) is 11.8 Å². The Morgan fingerprint density at radius 2 is 2.04 bits per heavy atom. The molecule has 3 heteroatoms. The first kappa shape index (κ1) is 23.2. The summed E-state index contributed by atoms with van der Waals surface area (Å²) < 4.78 is 0. The summed E-state index contributed by atoms with van der Waals surface area (Å²) in [6.45, 7) is 7.10. The maximum absolute atomic E-state index is 10.6. The SMILES string of the molecule is CC#CCC(C)(C)[C@H](O)C=C[C@@H]1[C@H]2CC(CCCCCN(C)C)=C[C@H]2C[C@H]1O. The molecule has 158 valence electrons. The van der Waals surface area contributed by atoms with Crippen LogP contribution in [-0.2, 0) is 0 Å². The lowest BCUT2D eigenvalue weighted by atomic mass is 9.81. The second-order valence-electron chi connectivity index (χ2n) is 9.77. The Bertz CT molecular complexity index is 608. The van der Waals surface area contributed by atoms with Crippen LogP contribution in [-0.4, -0.2) is 48.0 Å². The monoisotopic (exact) mass is 387 g/mol. The summed E-state index contributed by atoms with van der Waals surface area (Å²) in [6.07, 6.45) is 13.3. The number of unbranched alkanes of at least 4 members (excludes halogenated alkanes) is 2. The van der Waals surface area contributed by atoms with Gasteiger partial charge in [-0.05, 0) is 71.5 Å². The minimum absolute atomic E-state index is 0.162. The largest absolute Gasteiger partial charge is 0.392 e. The molecule has 0 unspecified atom stereocenters. The third kappa shape index (κ3) is 6.48. The molecular formula is C25H41NO2. The third-order valence-corrected chi connectivity index (χ3v) is 6.59. The van der Waals surface area contributed by atoms with Crippen molar-refractivity contribution >= 4 is 0 Å². The van der Waals surface area contributed by atoms with Crippen LogP contribution in [0.5, 0.6) is 0 Å². The standard InChI is InChI=1S/C25H41NO2/c1-6-7-14-25(2,3)24(28)13-12-21-22-17-19(16-20(22)18-23(21)27)11-9-8-10-15-26(4)5/h12-13,16,20-24,27-28H,8-11,14-15,17-18H2,1-5H3/t20-,21+,22-,23+,24+/m0/s1. The number of nitrogens with zero attached hydrogens (tertiary/aromatic N) is 1. The second-order valence-corrected chi connectivity index (χ2v) is 9.77. The molecule has 0 aromatic carbocycles. The molecule has 0 aliphatic heterocycles. The van der Waals surface area contributed by atoms with E-state index in [0.29, 0.717) is 18.3 Å². The van der Waals surface area contributed by atoms with E-state index in [1.165, 1.54) is 32.2 Å². The summed E-state index contributed by atoms with van der Waals surface area (Å²) in [5.74, 6) is 7.17. The summed E-state index contributed by atoms with van der Waals surface area (Å²) in [7, 11) is 4.27. The lowest BCUT2D eigenvalue weighted by molar-refractivity contribution is 0.0923. The molecule has 0 radical (unpaired) electrons. The van der Waals surface area contributed by atoms with Gasteiger partial charge in [0.05, 0.1) is 12.2 Å². The molecule has 2 N–H and O–H groups in total. The van der Waals surface area contributed by atoms with Crippen molar-refractivity contribution in [1.29, 1.82) is 0 Å². The van der Waals surface area contributed by atoms with Gasteiger partial charge in [0.15, 0.2) is 0 Å². The van der Waals surface area contributed by atoms with Gasteiger partial charge in [-0.25, -0.2) is 0 Å². The highest BCUT2D eigenvalue weighted by Crippen LogP contribution is 2.48. The predicted molar refractivity (Wildman–Crippen MR) is 118 cm³/mol. The number of hydrogen-bond acceptors (Lipinski definition) is 3. The Hall–Kier alpha value is -1.08. The topological polar surface area (TPSA) is 43.7 Å². The Labute approximate surface area is 172 Å². The first-order valence-electron chi connectivity index (χ1n) is 11.0. The molecule has 1 saturated carbocycles. The molecule has 0 saturated heterocycles. The zero-order valence-electron chi connectivity index (χ0n) is 18.6. The van der Waals surface area contributed by atoms with Crippen molar-refractivity contribution in [1.82, 2.24) is 4.90 Å². The normalized spacial score (nSPS) is 28.4. The van der Waals surface area contributed by atoms with E-state index < -0.39 is 6.10 Å². The highest BCUT2D eigenvalue weighted by atomic mass is 16.3. The number of allylic oxidation sites excluding steroid dienone is 2. The van der Waals surface area contributed by atoms with Gasteiger partial charge >= 0.3 is 0 Å². The lowest BCUT2D eigenvalue weighted by Gasteiger charge is -2.27. The van der Waals surface area contributed by atoms with E-state index >= 15 is 0 Å². The van der Waals surface area contributed by atoms with Gasteiger partial charge in [-0.1, -0.05) is 44.1 Å². The molecule has 0 heterocycles. The van der Waals surface area contributed by atoms with Gasteiger partial charge in [0.2, 0.25) is 0 Å². The number of hydrogen-bond donors (Lipinski definition) is 2. The fraction of sp³-hybridized carbons (Fsp3) is 0.760. The molecule has 1 fully saturated rings. The van der Waals surface area contributed by atoms with E-state index in [4.69, 9.17) is 0 Å². The summed E-state index contributed by atoms with van der Waals surface area (Å²) in [6, 6.07) is 0. The fourth-order valence-electron chi connectivity index (χ4n) is 4.66. The van der Waals surface area contributed by atoms with E-state index in [2.05, 4.69) is 43.0 Å². The summed E-state index contributed by atoms with van der Waals surface area (Å²) in [5, 5.41) is 21.1. The van der Waals surface area contributed by atoms with Gasteiger partial charge in [0.25, 0.3) is 0 Å². The fourth-order valence-corrected chi connectivity index (χ4v) is 4.66. The van der Waals surface area contributed by atoms with Crippen molar-refractivity contribution in [2.24, 2.45) is 23.2 Å². The van der Waals surface area contributed by atoms with E-state index in [1.807, 2.05) is 26.8 Å². The number of fused-ring (bicyclic) bond motifs is 1. The lowest BCUT2D eigenvalue weighted by Crippen LogP contribution is -2.27. The van der Waals surface area contributed by atoms with Crippen LogP contribution >= 0.6 is 0 Å². The molecular weight excluding hydrogens is 346 g/mol. The quantitative estimate of drug-likeness (QED) is 0.331. The summed E-state index contributed by atoms with van der Waals surface area (Å²) in [5.41, 5.74) is 1.32. The highest BCUT2D eigenvalue weighted by Gasteiger charge is 2.43. The first-order chi connectivity index (χ1) is 13.2. The Morgan fingerprint density at radius 1 is 1.29 bits per heavy atom. The molecule has 2 aliphatic rings. The molecule has 0 aromatic rings. The van der Waals surface area contributed by atoms with E-state index in [0.717, 1.165) is 12.8 Å². The number of aliphatic hydroxyl groups is 2. The van der Waals surface area contributed by atoms with Crippen LogP contribution in [0.15, 0.2) is 23.8 Å². The van der Waals surface area contributed by atoms with Crippen molar-refractivity contribution in [2.45, 2.75) is 77.9 Å². The van der Waals surface area contributed by atoms with Crippen LogP contribution in [0.4, 0.5) is 0 Å². The van der Waals surface area contributed by atoms with Crippen LogP contribution in [0.25, 0.3) is 0 Å². The van der Waals surface area contributed by atoms with Gasteiger partial charge in [0.1, 0.15) is 0 Å². The molecule has 0 spiro atoms. The molecule has 0 bridgehead atoms. The zero-order chi connectivity index (χ0) is 20.7. The van der Waals surface area contributed by atoms with Crippen LogP contribution in [0, 0.1) is 35.0 Å². The average molecular weight is 388 g/mol. The molecule has 0 aromatic heterocycles. The number of aliphatic hydroxyl groups excluding tert-OH is 2. The Kier molecular flexibility index (Phi) is 8.81. The van der Waals surface area contributed by atoms with Gasteiger partial charge in [-0.3, -0.25) is 0 Å². The highest BCUT2D eigenvalue weighted by molar-refractivity contribution is 5.21. The summed E-state index contributed by atoms with van der Waals surface area (Å²) in [4.78, 5) is 2.25. The number of rotatable bonds is 10. The molecule has 2 rings (SSSR count). The minimum atomic E-state index is -0.537. The average Bonchev–Trinajstić information content (AvgIpc) is 3.13. The zero-order valence-corrected chi connectivity index (χ0v) is 18.6. The van der Waals surface area contributed by atoms with Crippen LogP contribution in [0.3, 0.4) is 0 Å². The maximum atomic E-state index is 10.6. The van der Waals surface area contributed by atoms with Gasteiger partial charge in [-0.15, -0.1) is 11.8 Å². The first-order valence-corrected chi connectivity index (χ1v) is 11.0. The van der Waals surface area contributed by atoms with Crippen molar-refractivity contribution in [2.75, 3.05) is 20.6 Å². The van der Waals surface area contributed by atoms with Crippen LogP contribution in [0.2, 0.25) is 0 Å². The predicted octanol–water partition coefficient (Wildman–Crippen LogP) is 4.41. The molecule has 3 nitrogen and oxygen atoms in total. The maximum Gasteiger partial charge on any atom is 0.0781 e. The van der Waals surface area contributed by atoms with Crippen molar-refractivity contribution < 1.29 is 10.2 Å². The van der Waals surface area contributed by atoms with Crippen molar-refractivity contribution in [3.63, 3.8) is 0 Å². The molecule has 0 amide bonds. The molecule has 28 heavy (non-hydrogen) atoms. The van der Waals surface area contributed by atoms with E-state index in [1.54, 1.807) is 5.57 Å². The van der Waals surface area contributed by atoms with Gasteiger partial charge in [0, 0.05) is 17.8 Å². The van der Waals surface area contributed by atoms with Crippen molar-refractivity contribution in [3.05, 3.63) is 23.8 Å². The Morgan fingerprint density at radius 3 is 2.71 bits per heavy atom. The van der Waals surface area contributed by atoms with E-state index in [9.17, 15) is 10.2 Å². The van der Waals surface area contributed by atoms with Crippen LogP contribution < -0.4 is 0 Å². The smallest absolute Gasteiger partial charge is 0.0781 e. The summed E-state index contributed by atoms with van der Waals surface area (Å²) >= 11 is 0. The molecule has 5 atom stereocenters. The third-order valence-electron chi connectivity index (χ3n) is 6.59. The van der Waals surface area contributed by atoms with Gasteiger partial charge < -0.3 is 15.1 Å². The minimum Gasteiger partial charge on any atom is -0.392 e. The van der Waals surface area contributed by atoms with Gasteiger partial charge in [-0.2, -0.15) is 0 Å². The second kappa shape index (κ2) is 10.6. The van der Waals surface area contributed by atoms with Crippen LogP contribution in [0.1, 0.15) is 65.7 Å². The molecule has 2 aliphatic carbocycles. The van der Waals surface area contributed by atoms with E-state index in [-0.39, 0.29) is 17.4 Å².